The molecule has 0 unspecified atom stereocenters. The second-order valence-electron chi connectivity index (χ2n) is 11.2. The summed E-state index contributed by atoms with van der Waals surface area (Å²) in [4.78, 5) is 25.5. The summed E-state index contributed by atoms with van der Waals surface area (Å²) in [5.74, 6) is 2.20. The summed E-state index contributed by atoms with van der Waals surface area (Å²) in [6, 6.07) is 22.7. The molecule has 0 bridgehead atoms. The van der Waals surface area contributed by atoms with Crippen LogP contribution in [-0.2, 0) is 15.1 Å². The van der Waals surface area contributed by atoms with Gasteiger partial charge in [0.1, 0.15) is 22.8 Å². The van der Waals surface area contributed by atoms with Gasteiger partial charge in [-0.3, -0.25) is 4.79 Å². The lowest BCUT2D eigenvalue weighted by Crippen LogP contribution is -2.63. The van der Waals surface area contributed by atoms with Crippen molar-refractivity contribution in [2.45, 2.75) is 31.3 Å². The van der Waals surface area contributed by atoms with Crippen molar-refractivity contribution in [2.24, 2.45) is 11.1 Å². The molecule has 1 aliphatic heterocycles. The summed E-state index contributed by atoms with van der Waals surface area (Å²) in [6.45, 7) is 1.37. The van der Waals surface area contributed by atoms with Gasteiger partial charge in [-0.1, -0.05) is 42.8 Å². The number of hydrogen-bond donors (Lipinski definition) is 3. The lowest BCUT2D eigenvalue weighted by atomic mass is 9.77. The summed E-state index contributed by atoms with van der Waals surface area (Å²) >= 11 is 0. The zero-order valence-corrected chi connectivity index (χ0v) is 25.7. The van der Waals surface area contributed by atoms with Crippen molar-refractivity contribution < 1.29 is 33.6 Å². The number of carbonyl (C=O) groups is 2. The number of likely N-dealkylation sites (tertiary alicyclic amines) is 1. The number of hydrogen-bond acceptors (Lipinski definition) is 7. The molecule has 1 heterocycles. The van der Waals surface area contributed by atoms with Crippen molar-refractivity contribution >= 4 is 11.9 Å². The molecule has 1 fully saturated rings. The molecular weight excluding hydrogens is 562 g/mol. The molecule has 0 aliphatic carbocycles. The number of nitrogens with two attached hydrogens (primary N) is 1. The zero-order valence-electron chi connectivity index (χ0n) is 25.7. The maximum absolute atomic E-state index is 12.9. The van der Waals surface area contributed by atoms with Crippen LogP contribution >= 0.6 is 0 Å². The van der Waals surface area contributed by atoms with Crippen LogP contribution in [-0.4, -0.2) is 76.1 Å². The van der Waals surface area contributed by atoms with Crippen LogP contribution in [0, 0.1) is 5.41 Å². The van der Waals surface area contributed by atoms with Gasteiger partial charge in [-0.25, -0.2) is 4.79 Å². The molecule has 0 atom stereocenters. The number of methoxy groups -OCH3 is 3. The van der Waals surface area contributed by atoms with Gasteiger partial charge in [0, 0.05) is 26.1 Å². The summed E-state index contributed by atoms with van der Waals surface area (Å²) < 4.78 is 23.3. The second-order valence-corrected chi connectivity index (χ2v) is 11.2. The molecule has 10 nitrogen and oxygen atoms in total. The number of rotatable bonds is 16. The minimum atomic E-state index is -1.06. The molecule has 0 radical (unpaired) electrons. The molecule has 44 heavy (non-hydrogen) atoms. The third-order valence-electron chi connectivity index (χ3n) is 8.19. The Morgan fingerprint density at radius 2 is 1.25 bits per heavy atom. The number of carbonyl (C=O) groups excluding carboxylic acids is 2. The van der Waals surface area contributed by atoms with Crippen molar-refractivity contribution in [3.63, 3.8) is 0 Å². The van der Waals surface area contributed by atoms with Gasteiger partial charge in [-0.15, -0.1) is 0 Å². The van der Waals surface area contributed by atoms with Crippen LogP contribution in [0.3, 0.4) is 0 Å². The van der Waals surface area contributed by atoms with E-state index in [9.17, 15) is 14.7 Å². The van der Waals surface area contributed by atoms with E-state index in [1.807, 2.05) is 72.8 Å². The van der Waals surface area contributed by atoms with Crippen molar-refractivity contribution in [1.29, 1.82) is 0 Å². The third kappa shape index (κ3) is 7.43. The van der Waals surface area contributed by atoms with Crippen LogP contribution in [0.5, 0.6) is 17.2 Å². The van der Waals surface area contributed by atoms with Gasteiger partial charge in [0.2, 0.25) is 5.91 Å². The summed E-state index contributed by atoms with van der Waals surface area (Å²) in [6.07, 6.45) is 2.69. The summed E-state index contributed by atoms with van der Waals surface area (Å²) in [5.41, 5.74) is 6.04. The van der Waals surface area contributed by atoms with E-state index in [1.54, 1.807) is 26.2 Å². The molecule has 3 amide bonds. The van der Waals surface area contributed by atoms with Gasteiger partial charge in [-0.05, 0) is 65.9 Å². The molecule has 236 valence electrons. The first-order chi connectivity index (χ1) is 21.3. The predicted octanol–water partition coefficient (Wildman–Crippen LogP) is 4.07. The Kier molecular flexibility index (Phi) is 11.1. The molecule has 4 N–H and O–H groups in total. The molecule has 1 aliphatic rings. The van der Waals surface area contributed by atoms with Crippen LogP contribution in [0.25, 0.3) is 0 Å². The number of benzene rings is 3. The third-order valence-corrected chi connectivity index (χ3v) is 8.19. The largest absolute Gasteiger partial charge is 0.497 e. The minimum absolute atomic E-state index is 0.0451. The Bertz CT molecular complexity index is 1240. The fourth-order valence-corrected chi connectivity index (χ4v) is 5.61. The first-order valence-corrected chi connectivity index (χ1v) is 14.8. The topological polar surface area (TPSA) is 133 Å². The highest BCUT2D eigenvalue weighted by Gasteiger charge is 2.48. The smallest absolute Gasteiger partial charge is 0.312 e. The molecule has 3 aromatic carbocycles. The highest BCUT2D eigenvalue weighted by molar-refractivity contribution is 5.77. The van der Waals surface area contributed by atoms with E-state index in [2.05, 4.69) is 5.32 Å². The molecule has 1 saturated heterocycles. The first kappa shape index (κ1) is 32.6. The van der Waals surface area contributed by atoms with Crippen molar-refractivity contribution in [3.05, 3.63) is 89.5 Å². The number of nitrogens with one attached hydrogen (secondary N) is 1. The van der Waals surface area contributed by atoms with Crippen LogP contribution in [0.15, 0.2) is 72.8 Å². The van der Waals surface area contributed by atoms with Crippen LogP contribution in [0.1, 0.15) is 42.4 Å². The van der Waals surface area contributed by atoms with Crippen LogP contribution in [0.4, 0.5) is 4.79 Å². The number of urea groups is 1. The Hall–Kier alpha value is -4.28. The van der Waals surface area contributed by atoms with Gasteiger partial charge in [0.05, 0.1) is 40.0 Å². The average Bonchev–Trinajstić information content (AvgIpc) is 3.04. The Morgan fingerprint density at radius 3 is 1.64 bits per heavy atom. The van der Waals surface area contributed by atoms with Crippen LogP contribution < -0.4 is 25.3 Å². The lowest BCUT2D eigenvalue weighted by Gasteiger charge is -2.50. The van der Waals surface area contributed by atoms with E-state index in [0.29, 0.717) is 32.5 Å². The number of aliphatic hydroxyl groups is 1. The maximum atomic E-state index is 12.9. The van der Waals surface area contributed by atoms with E-state index in [0.717, 1.165) is 46.8 Å². The number of unbranched alkanes of at least 4 members (excludes halogenated alkanes) is 2. The predicted molar refractivity (Wildman–Crippen MR) is 167 cm³/mol. The van der Waals surface area contributed by atoms with Crippen molar-refractivity contribution in [2.75, 3.05) is 54.2 Å². The molecule has 0 saturated carbocycles. The Morgan fingerprint density at radius 1 is 0.795 bits per heavy atom. The fourth-order valence-electron chi connectivity index (χ4n) is 5.61. The van der Waals surface area contributed by atoms with Crippen LogP contribution in [0.2, 0.25) is 0 Å². The van der Waals surface area contributed by atoms with Gasteiger partial charge >= 0.3 is 6.03 Å². The zero-order chi connectivity index (χ0) is 31.6. The number of ether oxygens (including phenoxy) is 4. The lowest BCUT2D eigenvalue weighted by molar-refractivity contribution is -0.158. The quantitative estimate of drug-likeness (QED) is 0.166. The highest BCUT2D eigenvalue weighted by atomic mass is 16.5. The number of amides is 3. The molecule has 0 aromatic heterocycles. The minimum Gasteiger partial charge on any atom is -0.497 e. The maximum Gasteiger partial charge on any atom is 0.312 e. The van der Waals surface area contributed by atoms with Crippen molar-refractivity contribution in [1.82, 2.24) is 10.2 Å². The van der Waals surface area contributed by atoms with E-state index >= 15 is 0 Å². The van der Waals surface area contributed by atoms with E-state index in [1.165, 1.54) is 0 Å². The Labute approximate surface area is 259 Å². The number of aliphatic hydroxyl groups excluding tert-OH is 1. The normalized spacial score (nSPS) is 14.0. The highest BCUT2D eigenvalue weighted by Crippen LogP contribution is 2.44. The second kappa shape index (κ2) is 14.9. The van der Waals surface area contributed by atoms with E-state index < -0.39 is 17.0 Å². The van der Waals surface area contributed by atoms with Crippen molar-refractivity contribution in [3.8, 4) is 17.2 Å². The molecule has 0 spiro atoms. The fraction of sp³-hybridized carbons (Fsp3) is 0.412. The van der Waals surface area contributed by atoms with Gasteiger partial charge in [0.25, 0.3) is 0 Å². The molecule has 10 heteroatoms. The SMILES string of the molecule is COc1ccc(C(OCC2(CO)CN(C(=O)CCCCCNC(N)=O)C2)(c2ccc(OC)cc2)c2ccc(OC)cc2)cc1. The average molecular weight is 606 g/mol. The monoisotopic (exact) mass is 605 g/mol. The van der Waals surface area contributed by atoms with Gasteiger partial charge in [0.15, 0.2) is 0 Å². The molecule has 4 rings (SSSR count). The van der Waals surface area contributed by atoms with E-state index in [4.69, 9.17) is 24.7 Å². The number of nitrogens with zero attached hydrogens (tertiary/aromatic N) is 1. The number of primary amides is 1. The van der Waals surface area contributed by atoms with Gasteiger partial charge < -0.3 is 40.0 Å². The molecule has 3 aromatic rings. The van der Waals surface area contributed by atoms with Gasteiger partial charge in [-0.2, -0.15) is 0 Å². The van der Waals surface area contributed by atoms with E-state index in [-0.39, 0.29) is 19.1 Å². The summed E-state index contributed by atoms with van der Waals surface area (Å²) in [5, 5.41) is 13.1. The Balaban J connectivity index is 1.58. The standard InChI is InChI=1S/C34H43N3O7/c1-41-28-14-8-25(9-15-28)34(26-10-16-29(42-2)17-11-26,27-12-18-30(43-3)19-13-27)44-24-33(23-38)21-37(22-33)31(39)7-5-4-6-20-36-32(35)40/h8-19,38H,4-7,20-24H2,1-3H3,(H3,35,36,40). The first-order valence-electron chi connectivity index (χ1n) is 14.8. The molecular formula is C34H43N3O7. The summed E-state index contributed by atoms with van der Waals surface area (Å²) in [7, 11) is 4.88.